The van der Waals surface area contributed by atoms with Crippen LogP contribution in [0.3, 0.4) is 0 Å². The number of Topliss-reactive ketones (excluding diaryl/α,β-unsaturated/α-hetero) is 1. The standard InChI is InChI=1S/C17H30O7/c1-16(2,3)23-14(19)7-9-21-11-13(18)12-22-10-8-15(20)24-17(4,5)6/h7-12H2,1-6H3. The van der Waals surface area contributed by atoms with Gasteiger partial charge in [-0.15, -0.1) is 0 Å². The van der Waals surface area contributed by atoms with Crippen LogP contribution in [0.15, 0.2) is 0 Å². The minimum atomic E-state index is -0.533. The van der Waals surface area contributed by atoms with Crippen molar-refractivity contribution in [2.45, 2.75) is 65.6 Å². The molecule has 7 nitrogen and oxygen atoms in total. The molecule has 0 atom stereocenters. The van der Waals surface area contributed by atoms with Gasteiger partial charge in [0.1, 0.15) is 24.4 Å². The van der Waals surface area contributed by atoms with Gasteiger partial charge < -0.3 is 18.9 Å². The van der Waals surface area contributed by atoms with Gasteiger partial charge in [0.05, 0.1) is 26.1 Å². The molecule has 0 bridgehead atoms. The van der Waals surface area contributed by atoms with Gasteiger partial charge in [0.15, 0.2) is 5.78 Å². The predicted octanol–water partition coefficient (Wildman–Crippen LogP) is 2.05. The van der Waals surface area contributed by atoms with E-state index in [1.165, 1.54) is 0 Å². The first-order chi connectivity index (χ1) is 10.9. The first-order valence-corrected chi connectivity index (χ1v) is 8.00. The topological polar surface area (TPSA) is 88.1 Å². The molecule has 0 unspecified atom stereocenters. The molecule has 140 valence electrons. The fourth-order valence-corrected chi connectivity index (χ4v) is 1.51. The van der Waals surface area contributed by atoms with Crippen LogP contribution in [0.1, 0.15) is 54.4 Å². The Labute approximate surface area is 144 Å². The van der Waals surface area contributed by atoms with E-state index in [-0.39, 0.29) is 57.0 Å². The van der Waals surface area contributed by atoms with Crippen molar-refractivity contribution in [2.75, 3.05) is 26.4 Å². The monoisotopic (exact) mass is 346 g/mol. The van der Waals surface area contributed by atoms with Gasteiger partial charge in [-0.25, -0.2) is 0 Å². The second-order valence-corrected chi connectivity index (χ2v) is 7.32. The van der Waals surface area contributed by atoms with E-state index in [4.69, 9.17) is 18.9 Å². The molecule has 0 rings (SSSR count). The summed E-state index contributed by atoms with van der Waals surface area (Å²) in [5.41, 5.74) is -1.07. The lowest BCUT2D eigenvalue weighted by Crippen LogP contribution is -2.25. The number of ether oxygens (including phenoxy) is 4. The van der Waals surface area contributed by atoms with E-state index < -0.39 is 11.2 Å². The van der Waals surface area contributed by atoms with Crippen molar-refractivity contribution in [2.24, 2.45) is 0 Å². The lowest BCUT2D eigenvalue weighted by molar-refractivity contribution is -0.157. The van der Waals surface area contributed by atoms with Gasteiger partial charge in [-0.05, 0) is 41.5 Å². The second kappa shape index (κ2) is 10.4. The normalized spacial score (nSPS) is 11.9. The predicted molar refractivity (Wildman–Crippen MR) is 87.6 cm³/mol. The Morgan fingerprint density at radius 1 is 0.667 bits per heavy atom. The summed E-state index contributed by atoms with van der Waals surface area (Å²) in [6.45, 7) is 10.6. The van der Waals surface area contributed by atoms with Gasteiger partial charge in [0.25, 0.3) is 0 Å². The van der Waals surface area contributed by atoms with Gasteiger partial charge >= 0.3 is 11.9 Å². The van der Waals surface area contributed by atoms with Gasteiger partial charge in [-0.3, -0.25) is 14.4 Å². The number of hydrogen-bond donors (Lipinski definition) is 0. The maximum atomic E-state index is 11.5. The van der Waals surface area contributed by atoms with Crippen molar-refractivity contribution in [1.82, 2.24) is 0 Å². The van der Waals surface area contributed by atoms with Gasteiger partial charge in [-0.1, -0.05) is 0 Å². The molecule has 0 aromatic rings. The highest BCUT2D eigenvalue weighted by Gasteiger charge is 2.17. The summed E-state index contributed by atoms with van der Waals surface area (Å²) < 4.78 is 20.4. The SMILES string of the molecule is CC(C)(C)OC(=O)CCOCC(=O)COCCC(=O)OC(C)(C)C. The molecule has 0 aromatic carbocycles. The van der Waals surface area contributed by atoms with E-state index in [1.807, 2.05) is 0 Å². The molecule has 7 heteroatoms. The maximum absolute atomic E-state index is 11.5. The molecule has 0 amide bonds. The lowest BCUT2D eigenvalue weighted by atomic mass is 10.2. The van der Waals surface area contributed by atoms with Crippen molar-refractivity contribution in [3.63, 3.8) is 0 Å². The Hall–Kier alpha value is -1.47. The highest BCUT2D eigenvalue weighted by Crippen LogP contribution is 2.08. The van der Waals surface area contributed by atoms with Crippen molar-refractivity contribution in [3.8, 4) is 0 Å². The Balaban J connectivity index is 3.64. The van der Waals surface area contributed by atoms with Crippen LogP contribution in [-0.4, -0.2) is 55.4 Å². The molecule has 0 fully saturated rings. The number of esters is 2. The first-order valence-electron chi connectivity index (χ1n) is 8.00. The van der Waals surface area contributed by atoms with Crippen LogP contribution in [-0.2, 0) is 33.3 Å². The minimum Gasteiger partial charge on any atom is -0.460 e. The Bertz CT molecular complexity index is 378. The van der Waals surface area contributed by atoms with Crippen LogP contribution in [0, 0.1) is 0 Å². The fraction of sp³-hybridized carbons (Fsp3) is 0.824. The zero-order valence-corrected chi connectivity index (χ0v) is 15.6. The third kappa shape index (κ3) is 15.4. The molecule has 0 aromatic heterocycles. The van der Waals surface area contributed by atoms with Gasteiger partial charge in [0.2, 0.25) is 0 Å². The Morgan fingerprint density at radius 2 is 1.00 bits per heavy atom. The highest BCUT2D eigenvalue weighted by atomic mass is 16.6. The van der Waals surface area contributed by atoms with Gasteiger partial charge in [0, 0.05) is 0 Å². The molecule has 0 aliphatic carbocycles. The van der Waals surface area contributed by atoms with Crippen LogP contribution in [0.25, 0.3) is 0 Å². The molecule has 0 radical (unpaired) electrons. The number of rotatable bonds is 10. The van der Waals surface area contributed by atoms with Crippen LogP contribution in [0.5, 0.6) is 0 Å². The quantitative estimate of drug-likeness (QED) is 0.442. The summed E-state index contributed by atoms with van der Waals surface area (Å²) in [5, 5.41) is 0. The van der Waals surface area contributed by atoms with Crippen LogP contribution < -0.4 is 0 Å². The summed E-state index contributed by atoms with van der Waals surface area (Å²) in [5.74, 6) is -1.00. The average molecular weight is 346 g/mol. The zero-order valence-electron chi connectivity index (χ0n) is 15.6. The van der Waals surface area contributed by atoms with Crippen molar-refractivity contribution in [1.29, 1.82) is 0 Å². The molecule has 0 aliphatic rings. The first kappa shape index (κ1) is 22.5. The molecule has 24 heavy (non-hydrogen) atoms. The summed E-state index contributed by atoms with van der Waals surface area (Å²) in [4.78, 5) is 34.4. The molecular formula is C17H30O7. The zero-order chi connectivity index (χ0) is 18.8. The fourth-order valence-electron chi connectivity index (χ4n) is 1.51. The van der Waals surface area contributed by atoms with Crippen LogP contribution >= 0.6 is 0 Å². The summed E-state index contributed by atoms with van der Waals surface area (Å²) >= 11 is 0. The van der Waals surface area contributed by atoms with E-state index in [9.17, 15) is 14.4 Å². The minimum absolute atomic E-state index is 0.0874. The average Bonchev–Trinajstić information content (AvgIpc) is 2.35. The molecule has 0 saturated carbocycles. The third-order valence-corrected chi connectivity index (χ3v) is 2.27. The largest absolute Gasteiger partial charge is 0.460 e. The van der Waals surface area contributed by atoms with E-state index in [2.05, 4.69) is 0 Å². The molecule has 0 aliphatic heterocycles. The Kier molecular flexibility index (Phi) is 9.77. The van der Waals surface area contributed by atoms with Gasteiger partial charge in [-0.2, -0.15) is 0 Å². The van der Waals surface area contributed by atoms with Crippen LogP contribution in [0.2, 0.25) is 0 Å². The number of ketones is 1. The third-order valence-electron chi connectivity index (χ3n) is 2.27. The number of carbonyl (C=O) groups excluding carboxylic acids is 3. The molecule has 0 N–H and O–H groups in total. The van der Waals surface area contributed by atoms with E-state index >= 15 is 0 Å². The molecule has 0 heterocycles. The Morgan fingerprint density at radius 3 is 1.29 bits per heavy atom. The number of carbonyl (C=O) groups is 3. The van der Waals surface area contributed by atoms with E-state index in [0.717, 1.165) is 0 Å². The second-order valence-electron chi connectivity index (χ2n) is 7.32. The van der Waals surface area contributed by atoms with E-state index in [1.54, 1.807) is 41.5 Å². The smallest absolute Gasteiger partial charge is 0.308 e. The van der Waals surface area contributed by atoms with E-state index in [0.29, 0.717) is 0 Å². The molecule has 0 saturated heterocycles. The maximum Gasteiger partial charge on any atom is 0.308 e. The summed E-state index contributed by atoms with van der Waals surface area (Å²) in [6, 6.07) is 0. The van der Waals surface area contributed by atoms with Crippen molar-refractivity contribution in [3.05, 3.63) is 0 Å². The van der Waals surface area contributed by atoms with Crippen molar-refractivity contribution < 1.29 is 33.3 Å². The lowest BCUT2D eigenvalue weighted by Gasteiger charge is -2.19. The molecular weight excluding hydrogens is 316 g/mol. The number of hydrogen-bond acceptors (Lipinski definition) is 7. The summed E-state index contributed by atoms with van der Waals surface area (Å²) in [6.07, 6.45) is 0.175. The molecule has 0 spiro atoms. The highest BCUT2D eigenvalue weighted by molar-refractivity contribution is 5.81. The van der Waals surface area contributed by atoms with Crippen LogP contribution in [0.4, 0.5) is 0 Å². The summed E-state index contributed by atoms with van der Waals surface area (Å²) in [7, 11) is 0. The van der Waals surface area contributed by atoms with Crippen molar-refractivity contribution >= 4 is 17.7 Å².